The quantitative estimate of drug-likeness (QED) is 0.676. The predicted molar refractivity (Wildman–Crippen MR) is 82.0 cm³/mol. The van der Waals surface area contributed by atoms with Crippen molar-refractivity contribution in [1.82, 2.24) is 0 Å². The number of halogens is 1. The van der Waals surface area contributed by atoms with Crippen LogP contribution in [0.2, 0.25) is 0 Å². The molecule has 0 atom stereocenters. The number of hydrogen-bond acceptors (Lipinski definition) is 5. The molecule has 0 radical (unpaired) electrons. The Morgan fingerprint density at radius 3 is 2.86 bits per heavy atom. The number of anilines is 2. The Kier molecular flexibility index (Phi) is 3.77. The number of nitrogens with one attached hydrogen (secondary N) is 1. The minimum atomic E-state index is -0.664. The maximum atomic E-state index is 13.2. The minimum absolute atomic E-state index is 0.196. The van der Waals surface area contributed by atoms with Crippen molar-refractivity contribution in [3.05, 3.63) is 50.1 Å². The monoisotopic (exact) mass is 317 g/mol. The van der Waals surface area contributed by atoms with Crippen LogP contribution in [0, 0.1) is 27.3 Å². The third-order valence-electron chi connectivity index (χ3n) is 3.69. The first-order valence-corrected chi connectivity index (χ1v) is 7.67. The molecule has 0 spiro atoms. The highest BCUT2D eigenvalue weighted by molar-refractivity contribution is 7.16. The second kappa shape index (κ2) is 5.73. The standard InChI is InChI=1S/C15H12FN3O2S/c16-9-5-6-12(13(7-9)19(20)21)18-15-11(8-17)10-3-1-2-4-14(10)22-15/h5-7,18H,1-4H2. The lowest BCUT2D eigenvalue weighted by molar-refractivity contribution is -0.384. The summed E-state index contributed by atoms with van der Waals surface area (Å²) in [5.41, 5.74) is 1.46. The van der Waals surface area contributed by atoms with Gasteiger partial charge >= 0.3 is 0 Å². The van der Waals surface area contributed by atoms with Crippen LogP contribution in [0.5, 0.6) is 0 Å². The summed E-state index contributed by atoms with van der Waals surface area (Å²) in [4.78, 5) is 11.6. The maximum absolute atomic E-state index is 13.2. The van der Waals surface area contributed by atoms with E-state index in [-0.39, 0.29) is 11.4 Å². The number of benzene rings is 1. The van der Waals surface area contributed by atoms with Crippen molar-refractivity contribution in [1.29, 1.82) is 5.26 Å². The van der Waals surface area contributed by atoms with E-state index in [1.165, 1.54) is 17.4 Å². The summed E-state index contributed by atoms with van der Waals surface area (Å²) in [5.74, 6) is -0.664. The summed E-state index contributed by atoms with van der Waals surface area (Å²) in [6, 6.07) is 5.55. The van der Waals surface area contributed by atoms with Gasteiger partial charge in [-0.25, -0.2) is 4.39 Å². The summed E-state index contributed by atoms with van der Waals surface area (Å²) >= 11 is 1.46. The molecule has 0 aliphatic heterocycles. The van der Waals surface area contributed by atoms with Crippen molar-refractivity contribution in [2.24, 2.45) is 0 Å². The van der Waals surface area contributed by atoms with Gasteiger partial charge in [0.1, 0.15) is 22.6 Å². The molecule has 0 fully saturated rings. The van der Waals surface area contributed by atoms with Crippen LogP contribution in [0.25, 0.3) is 0 Å². The van der Waals surface area contributed by atoms with Gasteiger partial charge in [-0.05, 0) is 43.4 Å². The first kappa shape index (κ1) is 14.5. The topological polar surface area (TPSA) is 79.0 Å². The number of nitro groups is 1. The number of aryl methyl sites for hydroxylation is 1. The van der Waals surface area contributed by atoms with Crippen LogP contribution in [0.3, 0.4) is 0 Å². The van der Waals surface area contributed by atoms with E-state index in [4.69, 9.17) is 0 Å². The van der Waals surface area contributed by atoms with Gasteiger partial charge in [0.25, 0.3) is 5.69 Å². The normalized spacial score (nSPS) is 13.3. The van der Waals surface area contributed by atoms with E-state index in [9.17, 15) is 19.8 Å². The SMILES string of the molecule is N#Cc1c(Nc2ccc(F)cc2[N+](=O)[O-])sc2c1CCCC2. The average Bonchev–Trinajstić information content (AvgIpc) is 2.85. The Hall–Kier alpha value is -2.46. The van der Waals surface area contributed by atoms with Crippen LogP contribution in [0.15, 0.2) is 18.2 Å². The first-order chi connectivity index (χ1) is 10.6. The van der Waals surface area contributed by atoms with Crippen molar-refractivity contribution in [2.75, 3.05) is 5.32 Å². The average molecular weight is 317 g/mol. The van der Waals surface area contributed by atoms with Gasteiger partial charge in [0.2, 0.25) is 0 Å². The highest BCUT2D eigenvalue weighted by Gasteiger charge is 2.23. The number of nitro benzene ring substituents is 1. The molecule has 112 valence electrons. The smallest absolute Gasteiger partial charge is 0.295 e. The fourth-order valence-electron chi connectivity index (χ4n) is 2.66. The number of fused-ring (bicyclic) bond motifs is 1. The lowest BCUT2D eigenvalue weighted by Crippen LogP contribution is -2.00. The van der Waals surface area contributed by atoms with E-state index < -0.39 is 10.7 Å². The van der Waals surface area contributed by atoms with Crippen molar-refractivity contribution in [2.45, 2.75) is 25.7 Å². The van der Waals surface area contributed by atoms with Crippen LogP contribution < -0.4 is 5.32 Å². The van der Waals surface area contributed by atoms with E-state index in [0.29, 0.717) is 10.6 Å². The molecule has 0 unspecified atom stereocenters. The molecule has 5 nitrogen and oxygen atoms in total. The van der Waals surface area contributed by atoms with Gasteiger partial charge in [-0.2, -0.15) is 5.26 Å². The van der Waals surface area contributed by atoms with Gasteiger partial charge in [-0.1, -0.05) is 0 Å². The summed E-state index contributed by atoms with van der Waals surface area (Å²) in [5, 5.41) is 24.0. The molecule has 1 aromatic carbocycles. The molecule has 1 aliphatic carbocycles. The number of rotatable bonds is 3. The van der Waals surface area contributed by atoms with E-state index >= 15 is 0 Å². The Labute approximate surface area is 130 Å². The molecular weight excluding hydrogens is 305 g/mol. The molecule has 1 heterocycles. The molecule has 1 aliphatic rings. The van der Waals surface area contributed by atoms with Crippen molar-refractivity contribution in [3.8, 4) is 6.07 Å². The van der Waals surface area contributed by atoms with Crippen molar-refractivity contribution in [3.63, 3.8) is 0 Å². The molecule has 3 rings (SSSR count). The summed E-state index contributed by atoms with van der Waals surface area (Å²) in [6.07, 6.45) is 3.94. The van der Waals surface area contributed by atoms with E-state index in [2.05, 4.69) is 11.4 Å². The zero-order valence-corrected chi connectivity index (χ0v) is 12.4. The van der Waals surface area contributed by atoms with Gasteiger partial charge < -0.3 is 5.32 Å². The molecule has 1 N–H and O–H groups in total. The molecular formula is C15H12FN3O2S. The molecule has 0 amide bonds. The second-order valence-corrected chi connectivity index (χ2v) is 6.18. The lowest BCUT2D eigenvalue weighted by atomic mass is 9.96. The van der Waals surface area contributed by atoms with Gasteiger partial charge in [-0.3, -0.25) is 10.1 Å². The van der Waals surface area contributed by atoms with Crippen LogP contribution in [-0.2, 0) is 12.8 Å². The Morgan fingerprint density at radius 2 is 2.14 bits per heavy atom. The molecule has 0 bridgehead atoms. The van der Waals surface area contributed by atoms with E-state index in [0.717, 1.165) is 48.3 Å². The van der Waals surface area contributed by atoms with Crippen molar-refractivity contribution >= 4 is 27.7 Å². The Bertz CT molecular complexity index is 795. The number of thiophene rings is 1. The largest absolute Gasteiger partial charge is 0.341 e. The number of hydrogen-bond donors (Lipinski definition) is 1. The van der Waals surface area contributed by atoms with Gasteiger partial charge in [0.05, 0.1) is 16.6 Å². The summed E-state index contributed by atoms with van der Waals surface area (Å²) < 4.78 is 13.2. The molecule has 22 heavy (non-hydrogen) atoms. The summed E-state index contributed by atoms with van der Waals surface area (Å²) in [7, 11) is 0. The third-order valence-corrected chi connectivity index (χ3v) is 4.90. The van der Waals surface area contributed by atoms with Crippen LogP contribution in [-0.4, -0.2) is 4.92 Å². The number of nitriles is 1. The van der Waals surface area contributed by atoms with Gasteiger partial charge in [0, 0.05) is 4.88 Å². The Balaban J connectivity index is 2.03. The van der Waals surface area contributed by atoms with E-state index in [1.807, 2.05) is 0 Å². The van der Waals surface area contributed by atoms with E-state index in [1.54, 1.807) is 0 Å². The third kappa shape index (κ3) is 2.53. The maximum Gasteiger partial charge on any atom is 0.295 e. The highest BCUT2D eigenvalue weighted by Crippen LogP contribution is 2.40. The minimum Gasteiger partial charge on any atom is -0.341 e. The lowest BCUT2D eigenvalue weighted by Gasteiger charge is -2.09. The molecule has 0 saturated carbocycles. The van der Waals surface area contributed by atoms with Crippen molar-refractivity contribution < 1.29 is 9.31 Å². The zero-order chi connectivity index (χ0) is 15.7. The molecule has 7 heteroatoms. The van der Waals surface area contributed by atoms with Crippen LogP contribution in [0.4, 0.5) is 20.8 Å². The Morgan fingerprint density at radius 1 is 1.36 bits per heavy atom. The summed E-state index contributed by atoms with van der Waals surface area (Å²) in [6.45, 7) is 0. The molecule has 1 aromatic heterocycles. The molecule has 0 saturated heterocycles. The predicted octanol–water partition coefficient (Wildman–Crippen LogP) is 4.29. The van der Waals surface area contributed by atoms with Gasteiger partial charge in [-0.15, -0.1) is 11.3 Å². The van der Waals surface area contributed by atoms with Crippen LogP contribution in [0.1, 0.15) is 28.8 Å². The van der Waals surface area contributed by atoms with Crippen LogP contribution >= 0.6 is 11.3 Å². The second-order valence-electron chi connectivity index (χ2n) is 5.07. The zero-order valence-electron chi connectivity index (χ0n) is 11.6. The first-order valence-electron chi connectivity index (χ1n) is 6.85. The fourth-order valence-corrected chi connectivity index (χ4v) is 3.91. The van der Waals surface area contributed by atoms with Gasteiger partial charge in [0.15, 0.2) is 0 Å². The number of nitrogens with zero attached hydrogens (tertiary/aromatic N) is 2. The molecule has 2 aromatic rings. The highest BCUT2D eigenvalue weighted by atomic mass is 32.1. The fraction of sp³-hybridized carbons (Fsp3) is 0.267.